The molecule has 0 amide bonds. The van der Waals surface area contributed by atoms with Crippen LogP contribution in [0.1, 0.15) is 36.2 Å². The molecule has 2 aromatic heterocycles. The first-order valence-corrected chi connectivity index (χ1v) is 11.3. The fraction of sp³-hybridized carbons (Fsp3) is 0.375. The lowest BCUT2D eigenvalue weighted by Crippen LogP contribution is -2.29. The molecular weight excluding hydrogens is 486 g/mol. The van der Waals surface area contributed by atoms with E-state index in [9.17, 15) is 26.3 Å². The quantitative estimate of drug-likeness (QED) is 0.327. The van der Waals surface area contributed by atoms with Crippen molar-refractivity contribution in [3.05, 3.63) is 65.0 Å². The minimum Gasteiger partial charge on any atom is -0.357 e. The molecule has 2 heterocycles. The van der Waals surface area contributed by atoms with E-state index in [-0.39, 0.29) is 18.3 Å². The van der Waals surface area contributed by atoms with Crippen LogP contribution >= 0.6 is 0 Å². The van der Waals surface area contributed by atoms with Gasteiger partial charge in [-0.05, 0) is 49.7 Å². The number of halogens is 6. The van der Waals surface area contributed by atoms with Crippen molar-refractivity contribution >= 4 is 23.3 Å². The Kier molecular flexibility index (Phi) is 8.26. The predicted octanol–water partition coefficient (Wildman–Crippen LogP) is 6.33. The number of hydrogen-bond acceptors (Lipinski definition) is 6. The molecule has 0 unspecified atom stereocenters. The molecule has 0 fully saturated rings. The van der Waals surface area contributed by atoms with Gasteiger partial charge in [-0.15, -0.1) is 0 Å². The standard InChI is InChI=1S/C24H26F6N6/c1-4-17-19(12-14-36(5-2)21-18(24(28,29)30)7-6-13-32-21)34-22(31-3)35-20(17)33-16-10-8-15(9-11-16)23(25,26)27/h6-11,13H,4-5,12,14H2,1-3H3,(H2,31,33,34,35). The molecule has 1 aromatic carbocycles. The highest BCUT2D eigenvalue weighted by molar-refractivity contribution is 5.62. The number of nitrogens with one attached hydrogen (secondary N) is 2. The van der Waals surface area contributed by atoms with E-state index in [1.165, 1.54) is 29.3 Å². The molecule has 0 aliphatic carbocycles. The topological polar surface area (TPSA) is 66.0 Å². The van der Waals surface area contributed by atoms with E-state index in [1.54, 1.807) is 14.0 Å². The third kappa shape index (κ3) is 6.35. The molecule has 0 aliphatic heterocycles. The molecule has 6 nitrogen and oxygen atoms in total. The average Bonchev–Trinajstić information content (AvgIpc) is 2.83. The van der Waals surface area contributed by atoms with E-state index in [0.29, 0.717) is 42.1 Å². The third-order valence-corrected chi connectivity index (χ3v) is 5.54. The summed E-state index contributed by atoms with van der Waals surface area (Å²) in [5.74, 6) is 0.522. The van der Waals surface area contributed by atoms with Crippen molar-refractivity contribution in [2.24, 2.45) is 0 Å². The second-order valence-electron chi connectivity index (χ2n) is 7.83. The molecule has 0 atom stereocenters. The lowest BCUT2D eigenvalue weighted by molar-refractivity contribution is -0.138. The Balaban J connectivity index is 1.89. The van der Waals surface area contributed by atoms with Gasteiger partial charge in [-0.1, -0.05) is 6.92 Å². The third-order valence-electron chi connectivity index (χ3n) is 5.54. The Labute approximate surface area is 204 Å². The number of anilines is 4. The number of nitrogens with zero attached hydrogens (tertiary/aromatic N) is 4. The van der Waals surface area contributed by atoms with Crippen molar-refractivity contribution in [1.82, 2.24) is 15.0 Å². The van der Waals surface area contributed by atoms with Crippen LogP contribution in [0.4, 0.5) is 49.6 Å². The fourth-order valence-electron chi connectivity index (χ4n) is 3.73. The van der Waals surface area contributed by atoms with E-state index >= 15 is 0 Å². The van der Waals surface area contributed by atoms with Gasteiger partial charge >= 0.3 is 12.4 Å². The molecule has 3 aromatic rings. The van der Waals surface area contributed by atoms with Gasteiger partial charge < -0.3 is 15.5 Å². The van der Waals surface area contributed by atoms with Crippen LogP contribution in [-0.4, -0.2) is 35.1 Å². The highest BCUT2D eigenvalue weighted by atomic mass is 19.4. The number of rotatable bonds is 9. The molecule has 2 N–H and O–H groups in total. The van der Waals surface area contributed by atoms with Gasteiger partial charge in [-0.3, -0.25) is 0 Å². The van der Waals surface area contributed by atoms with Gasteiger partial charge in [0.15, 0.2) is 0 Å². The molecule has 3 rings (SSSR count). The first-order valence-electron chi connectivity index (χ1n) is 11.3. The maximum absolute atomic E-state index is 13.5. The summed E-state index contributed by atoms with van der Waals surface area (Å²) in [5.41, 5.74) is 0.139. The van der Waals surface area contributed by atoms with Crippen LogP contribution in [0.2, 0.25) is 0 Å². The average molecular weight is 513 g/mol. The van der Waals surface area contributed by atoms with Crippen LogP contribution in [0.15, 0.2) is 42.6 Å². The number of hydrogen-bond donors (Lipinski definition) is 2. The van der Waals surface area contributed by atoms with Crippen molar-refractivity contribution in [3.63, 3.8) is 0 Å². The summed E-state index contributed by atoms with van der Waals surface area (Å²) >= 11 is 0. The van der Waals surface area contributed by atoms with Crippen LogP contribution in [0, 0.1) is 0 Å². The molecule has 0 bridgehead atoms. The van der Waals surface area contributed by atoms with Crippen molar-refractivity contribution in [1.29, 1.82) is 0 Å². The Morgan fingerprint density at radius 2 is 1.61 bits per heavy atom. The first kappa shape index (κ1) is 27.0. The van der Waals surface area contributed by atoms with E-state index in [4.69, 9.17) is 0 Å². The van der Waals surface area contributed by atoms with E-state index in [0.717, 1.165) is 18.2 Å². The summed E-state index contributed by atoms with van der Waals surface area (Å²) in [4.78, 5) is 14.4. The Hall–Kier alpha value is -3.57. The Bertz CT molecular complexity index is 1160. The molecule has 36 heavy (non-hydrogen) atoms. The Morgan fingerprint density at radius 1 is 0.917 bits per heavy atom. The lowest BCUT2D eigenvalue weighted by atomic mass is 10.1. The number of aromatic nitrogens is 3. The highest BCUT2D eigenvalue weighted by Crippen LogP contribution is 2.35. The minimum absolute atomic E-state index is 0.156. The van der Waals surface area contributed by atoms with Gasteiger partial charge in [0.25, 0.3) is 0 Å². The largest absolute Gasteiger partial charge is 0.419 e. The van der Waals surface area contributed by atoms with Gasteiger partial charge in [0.2, 0.25) is 5.95 Å². The van der Waals surface area contributed by atoms with Gasteiger partial charge in [-0.25, -0.2) is 9.97 Å². The maximum Gasteiger partial charge on any atom is 0.419 e. The normalized spacial score (nSPS) is 11.9. The van der Waals surface area contributed by atoms with Crippen molar-refractivity contribution in [2.75, 3.05) is 35.7 Å². The van der Waals surface area contributed by atoms with Crippen LogP contribution in [-0.2, 0) is 25.2 Å². The van der Waals surface area contributed by atoms with Crippen LogP contribution in [0.3, 0.4) is 0 Å². The summed E-state index contributed by atoms with van der Waals surface area (Å²) < 4.78 is 79.2. The molecule has 0 aliphatic rings. The smallest absolute Gasteiger partial charge is 0.357 e. The van der Waals surface area contributed by atoms with Crippen molar-refractivity contribution in [3.8, 4) is 0 Å². The first-order chi connectivity index (χ1) is 17.0. The molecule has 0 radical (unpaired) electrons. The molecule has 0 spiro atoms. The van der Waals surface area contributed by atoms with Crippen molar-refractivity contribution in [2.45, 2.75) is 39.0 Å². The molecule has 0 saturated carbocycles. The summed E-state index contributed by atoms with van der Waals surface area (Å²) in [5, 5.41) is 5.90. The molecule has 0 saturated heterocycles. The predicted molar refractivity (Wildman–Crippen MR) is 127 cm³/mol. The molecule has 12 heteroatoms. The lowest BCUT2D eigenvalue weighted by Gasteiger charge is -2.25. The molecule has 194 valence electrons. The zero-order chi connectivity index (χ0) is 26.5. The minimum atomic E-state index is -4.54. The Morgan fingerprint density at radius 3 is 2.17 bits per heavy atom. The monoisotopic (exact) mass is 512 g/mol. The zero-order valence-electron chi connectivity index (χ0n) is 19.9. The second kappa shape index (κ2) is 11.0. The van der Waals surface area contributed by atoms with Gasteiger partial charge in [0, 0.05) is 44.0 Å². The summed E-state index contributed by atoms with van der Waals surface area (Å²) in [6.07, 6.45) is -6.88. The van der Waals surface area contributed by atoms with Gasteiger partial charge in [0.05, 0.1) is 16.8 Å². The van der Waals surface area contributed by atoms with Crippen LogP contribution in [0.25, 0.3) is 0 Å². The number of likely N-dealkylation sites (N-methyl/N-ethyl adjacent to an activating group) is 1. The maximum atomic E-state index is 13.5. The van der Waals surface area contributed by atoms with Gasteiger partial charge in [0.1, 0.15) is 11.6 Å². The number of alkyl halides is 6. The van der Waals surface area contributed by atoms with Gasteiger partial charge in [-0.2, -0.15) is 31.3 Å². The summed E-state index contributed by atoms with van der Waals surface area (Å²) in [6, 6.07) is 6.80. The second-order valence-corrected chi connectivity index (χ2v) is 7.83. The SMILES string of the molecule is CCc1c(CCN(CC)c2ncccc2C(F)(F)F)nc(NC)nc1Nc1ccc(C(F)(F)F)cc1. The summed E-state index contributed by atoms with van der Waals surface area (Å²) in [7, 11) is 1.62. The van der Waals surface area contributed by atoms with E-state index in [2.05, 4.69) is 25.6 Å². The van der Waals surface area contributed by atoms with Crippen LogP contribution < -0.4 is 15.5 Å². The van der Waals surface area contributed by atoms with Crippen LogP contribution in [0.5, 0.6) is 0 Å². The van der Waals surface area contributed by atoms with E-state index in [1.807, 2.05) is 6.92 Å². The van der Waals surface area contributed by atoms with E-state index < -0.39 is 23.5 Å². The number of pyridine rings is 1. The zero-order valence-corrected chi connectivity index (χ0v) is 19.9. The summed E-state index contributed by atoms with van der Waals surface area (Å²) in [6.45, 7) is 4.12. The molecular formula is C24H26F6N6. The van der Waals surface area contributed by atoms with Crippen molar-refractivity contribution < 1.29 is 26.3 Å². The number of benzene rings is 1. The fourth-order valence-corrected chi connectivity index (χ4v) is 3.73. The highest BCUT2D eigenvalue weighted by Gasteiger charge is 2.35.